The highest BCUT2D eigenvalue weighted by Gasteiger charge is 2.44. The summed E-state index contributed by atoms with van der Waals surface area (Å²) in [6.45, 7) is 4.74. The largest absolute Gasteiger partial charge is 0.466 e. The molecule has 2 aliphatic carbocycles. The van der Waals surface area contributed by atoms with Gasteiger partial charge in [0.15, 0.2) is 0 Å². The van der Waals surface area contributed by atoms with E-state index in [4.69, 9.17) is 9.47 Å². The Morgan fingerprint density at radius 1 is 0.654 bits per heavy atom. The van der Waals surface area contributed by atoms with E-state index in [2.05, 4.69) is 0 Å². The van der Waals surface area contributed by atoms with Crippen LogP contribution in [0.1, 0.15) is 104 Å². The number of rotatable bonds is 15. The lowest BCUT2D eigenvalue weighted by atomic mass is 9.93. The molecule has 4 heteroatoms. The molecule has 0 atom stereocenters. The zero-order valence-corrected chi connectivity index (χ0v) is 16.9. The quantitative estimate of drug-likeness (QED) is 0.281. The van der Waals surface area contributed by atoms with E-state index in [0.717, 1.165) is 0 Å². The summed E-state index contributed by atoms with van der Waals surface area (Å²) in [6.07, 6.45) is 16.1. The van der Waals surface area contributed by atoms with Gasteiger partial charge in [-0.25, -0.2) is 0 Å². The maximum atomic E-state index is 11.6. The van der Waals surface area contributed by atoms with E-state index in [9.17, 15) is 9.59 Å². The molecule has 0 bridgehead atoms. The van der Waals surface area contributed by atoms with Gasteiger partial charge in [0, 0.05) is 0 Å². The highest BCUT2D eigenvalue weighted by atomic mass is 16.5. The lowest BCUT2D eigenvalue weighted by molar-refractivity contribution is -0.145. The average Bonchev–Trinajstić information content (AvgIpc) is 3.50. The van der Waals surface area contributed by atoms with E-state index in [1.165, 1.54) is 77.0 Å². The van der Waals surface area contributed by atoms with Gasteiger partial charge in [-0.15, -0.1) is 0 Å². The number of ether oxygens (including phenoxy) is 2. The maximum Gasteiger partial charge on any atom is 0.306 e. The lowest BCUT2D eigenvalue weighted by Gasteiger charge is -2.14. The second-order valence-electron chi connectivity index (χ2n) is 8.58. The fraction of sp³-hybridized carbons (Fsp3) is 0.909. The van der Waals surface area contributed by atoms with E-state index in [0.29, 0.717) is 26.1 Å². The second kappa shape index (κ2) is 10.3. The molecular formula is C22H38O4. The highest BCUT2D eigenvalue weighted by Crippen LogP contribution is 2.54. The zero-order chi connectivity index (χ0) is 18.9. The third-order valence-corrected chi connectivity index (χ3v) is 6.23. The lowest BCUT2D eigenvalue weighted by Crippen LogP contribution is -2.12. The minimum absolute atomic E-state index is 0.0122. The number of unbranched alkanes of at least 4 members (excludes halogenated alkanes) is 5. The fourth-order valence-electron chi connectivity index (χ4n) is 4.13. The number of carbonyl (C=O) groups is 2. The summed E-state index contributed by atoms with van der Waals surface area (Å²) in [5.74, 6) is -0.0244. The third kappa shape index (κ3) is 7.67. The molecule has 0 spiro atoms. The maximum absolute atomic E-state index is 11.6. The fourth-order valence-corrected chi connectivity index (χ4v) is 4.13. The number of carbonyl (C=O) groups excluding carboxylic acids is 2. The van der Waals surface area contributed by atoms with Crippen molar-refractivity contribution in [3.05, 3.63) is 0 Å². The minimum Gasteiger partial charge on any atom is -0.466 e. The number of hydrogen-bond donors (Lipinski definition) is 0. The predicted molar refractivity (Wildman–Crippen MR) is 103 cm³/mol. The van der Waals surface area contributed by atoms with Crippen molar-refractivity contribution in [2.45, 2.75) is 104 Å². The van der Waals surface area contributed by atoms with Crippen LogP contribution in [-0.2, 0) is 19.1 Å². The van der Waals surface area contributed by atoms with Crippen molar-refractivity contribution in [1.29, 1.82) is 0 Å². The molecule has 0 amide bonds. The average molecular weight is 367 g/mol. The normalized spacial score (nSPS) is 19.0. The summed E-state index contributed by atoms with van der Waals surface area (Å²) in [5.41, 5.74) is 0.579. The monoisotopic (exact) mass is 366 g/mol. The smallest absolute Gasteiger partial charge is 0.306 e. The molecule has 4 nitrogen and oxygen atoms in total. The van der Waals surface area contributed by atoms with Gasteiger partial charge in [0.1, 0.15) is 0 Å². The Hall–Kier alpha value is -1.06. The molecular weight excluding hydrogens is 328 g/mol. The van der Waals surface area contributed by atoms with Crippen LogP contribution in [-0.4, -0.2) is 25.2 Å². The van der Waals surface area contributed by atoms with Crippen LogP contribution in [0.15, 0.2) is 0 Å². The van der Waals surface area contributed by atoms with E-state index in [1.807, 2.05) is 13.8 Å². The van der Waals surface area contributed by atoms with E-state index >= 15 is 0 Å². The molecule has 0 heterocycles. The first-order valence-corrected chi connectivity index (χ1v) is 10.8. The molecule has 2 aliphatic rings. The zero-order valence-electron chi connectivity index (χ0n) is 16.9. The van der Waals surface area contributed by atoms with Crippen molar-refractivity contribution in [3.63, 3.8) is 0 Å². The van der Waals surface area contributed by atoms with Crippen molar-refractivity contribution in [1.82, 2.24) is 0 Å². The minimum atomic E-state index is -0.0122. The van der Waals surface area contributed by atoms with Gasteiger partial charge in [-0.05, 0) is 63.2 Å². The van der Waals surface area contributed by atoms with Crippen molar-refractivity contribution >= 4 is 11.9 Å². The third-order valence-electron chi connectivity index (χ3n) is 6.23. The standard InChI is InChI=1S/C22H38O4/c1-3-25-19(23)17-21(13-14-21)11-9-7-5-6-8-10-12-22(15-16-22)18-20(24)26-4-2/h3-18H2,1-2H3. The highest BCUT2D eigenvalue weighted by molar-refractivity contribution is 5.71. The van der Waals surface area contributed by atoms with Crippen LogP contribution in [0.2, 0.25) is 0 Å². The summed E-state index contributed by atoms with van der Waals surface area (Å²) in [7, 11) is 0. The molecule has 0 aliphatic heterocycles. The van der Waals surface area contributed by atoms with Crippen LogP contribution in [0.25, 0.3) is 0 Å². The Kier molecular flexibility index (Phi) is 8.43. The Morgan fingerprint density at radius 3 is 1.31 bits per heavy atom. The van der Waals surface area contributed by atoms with Crippen LogP contribution in [0.4, 0.5) is 0 Å². The Balaban J connectivity index is 1.44. The molecule has 0 N–H and O–H groups in total. The van der Waals surface area contributed by atoms with Crippen LogP contribution in [0.3, 0.4) is 0 Å². The molecule has 150 valence electrons. The van der Waals surface area contributed by atoms with Gasteiger partial charge in [0.2, 0.25) is 0 Å². The Morgan fingerprint density at radius 2 is 1.00 bits per heavy atom. The van der Waals surface area contributed by atoms with Gasteiger partial charge >= 0.3 is 11.9 Å². The van der Waals surface area contributed by atoms with E-state index < -0.39 is 0 Å². The van der Waals surface area contributed by atoms with Gasteiger partial charge in [-0.2, -0.15) is 0 Å². The Labute approximate surface area is 159 Å². The summed E-state index contributed by atoms with van der Waals surface area (Å²) >= 11 is 0. The summed E-state index contributed by atoms with van der Waals surface area (Å²) < 4.78 is 10.2. The van der Waals surface area contributed by atoms with Crippen molar-refractivity contribution in [3.8, 4) is 0 Å². The summed E-state index contributed by atoms with van der Waals surface area (Å²) in [4.78, 5) is 23.3. The SMILES string of the molecule is CCOC(=O)CC1(CCCCCCCCC2(CC(=O)OCC)CC2)CC1. The molecule has 2 rings (SSSR count). The van der Waals surface area contributed by atoms with Crippen LogP contribution in [0, 0.1) is 10.8 Å². The van der Waals surface area contributed by atoms with E-state index in [-0.39, 0.29) is 22.8 Å². The van der Waals surface area contributed by atoms with Gasteiger partial charge in [-0.1, -0.05) is 38.5 Å². The number of esters is 2. The van der Waals surface area contributed by atoms with Gasteiger partial charge in [0.25, 0.3) is 0 Å². The molecule has 0 aromatic rings. The van der Waals surface area contributed by atoms with Crippen LogP contribution >= 0.6 is 0 Å². The van der Waals surface area contributed by atoms with Crippen molar-refractivity contribution in [2.24, 2.45) is 10.8 Å². The molecule has 0 radical (unpaired) electrons. The summed E-state index contributed by atoms with van der Waals surface area (Å²) in [6, 6.07) is 0. The van der Waals surface area contributed by atoms with E-state index in [1.54, 1.807) is 0 Å². The molecule has 2 saturated carbocycles. The van der Waals surface area contributed by atoms with Gasteiger partial charge < -0.3 is 9.47 Å². The van der Waals surface area contributed by atoms with Gasteiger partial charge in [-0.3, -0.25) is 9.59 Å². The molecule has 0 aromatic heterocycles. The van der Waals surface area contributed by atoms with Gasteiger partial charge in [0.05, 0.1) is 26.1 Å². The number of hydrogen-bond acceptors (Lipinski definition) is 4. The topological polar surface area (TPSA) is 52.6 Å². The van der Waals surface area contributed by atoms with Crippen molar-refractivity contribution in [2.75, 3.05) is 13.2 Å². The first-order valence-electron chi connectivity index (χ1n) is 10.8. The predicted octanol–water partition coefficient (Wildman–Crippen LogP) is 5.57. The summed E-state index contributed by atoms with van der Waals surface area (Å²) in [5, 5.41) is 0. The second-order valence-corrected chi connectivity index (χ2v) is 8.58. The van der Waals surface area contributed by atoms with Crippen LogP contribution < -0.4 is 0 Å². The molecule has 0 aromatic carbocycles. The Bertz CT molecular complexity index is 407. The molecule has 0 unspecified atom stereocenters. The molecule has 2 fully saturated rings. The van der Waals surface area contributed by atoms with Crippen LogP contribution in [0.5, 0.6) is 0 Å². The van der Waals surface area contributed by atoms with Crippen molar-refractivity contribution < 1.29 is 19.1 Å². The molecule has 0 saturated heterocycles. The molecule has 26 heavy (non-hydrogen) atoms. The first kappa shape index (κ1) is 21.2. The first-order chi connectivity index (χ1) is 12.5.